The van der Waals surface area contributed by atoms with Gasteiger partial charge in [0.1, 0.15) is 5.59 Å². The summed E-state index contributed by atoms with van der Waals surface area (Å²) >= 11 is 0. The van der Waals surface area contributed by atoms with Gasteiger partial charge in [-0.2, -0.15) is 9.59 Å². The molecule has 0 heterocycles. The van der Waals surface area contributed by atoms with Crippen molar-refractivity contribution in [1.29, 1.82) is 0 Å². The molecule has 0 aliphatic carbocycles. The summed E-state index contributed by atoms with van der Waals surface area (Å²) in [6.07, 6.45) is 0.250. The molecule has 1 radical (unpaired) electrons. The molecule has 0 spiro atoms. The molecule has 0 aromatic heterocycles. The summed E-state index contributed by atoms with van der Waals surface area (Å²) in [6.45, 7) is 0. The average Bonchev–Trinajstić information content (AvgIpc) is 1.46. The Kier molecular flexibility index (Phi) is 52700. The largest absolute Gasteiger partial charge is 0.373 e. The second-order valence-electron chi connectivity index (χ2n) is 0.0833. The highest BCUT2D eigenvalue weighted by Gasteiger charge is 1.13. The van der Waals surface area contributed by atoms with Crippen molar-refractivity contribution >= 4 is 6.15 Å². The topological polar surface area (TPSA) is 73.5 Å². The molecule has 27 valence electrons. The maximum absolute atomic E-state index is 8.12. The Morgan fingerprint density at radius 2 is 1.20 bits per heavy atom. The zero-order valence-corrected chi connectivity index (χ0v) is 2.17. The van der Waals surface area contributed by atoms with Crippen molar-refractivity contribution < 1.29 is 9.59 Å². The Hall–Kier alpha value is -1.02. The van der Waals surface area contributed by atoms with Crippen molar-refractivity contribution in [2.24, 2.45) is 0 Å². The number of carbonyl (C=O) groups excluding carboxylic acids is 2. The Bertz CT molecular complexity index is 36.2. The van der Waals surface area contributed by atoms with Crippen molar-refractivity contribution in [2.45, 2.75) is 0 Å². The van der Waals surface area contributed by atoms with Crippen LogP contribution in [0.25, 0.3) is 0 Å². The molecular formula is CNO3. The zero-order valence-electron chi connectivity index (χ0n) is 2.17. The van der Waals surface area contributed by atoms with Crippen LogP contribution in [0.3, 0.4) is 0 Å². The first-order valence-electron chi connectivity index (χ1n) is 0.591. The third-order valence-electron chi connectivity index (χ3n) is 0. The van der Waals surface area contributed by atoms with Crippen LogP contribution in [0.1, 0.15) is 0 Å². The summed E-state index contributed by atoms with van der Waals surface area (Å²) in [5.41, 5.74) is 5.75. The Morgan fingerprint density at radius 1 is 1.20 bits per heavy atom. The van der Waals surface area contributed by atoms with Crippen LogP contribution >= 0.6 is 0 Å². The predicted molar refractivity (Wildman–Crippen MR) is 10.5 cm³/mol. The molecule has 0 rings (SSSR count). The van der Waals surface area contributed by atoms with Crippen molar-refractivity contribution in [3.63, 3.8) is 0 Å². The molecular weight excluding hydrogens is 74.0 g/mol. The maximum Gasteiger partial charge on any atom is 0.373 e. The molecule has 5 heavy (non-hydrogen) atoms. The van der Waals surface area contributed by atoms with E-state index in [1.807, 2.05) is 0 Å². The quantitative estimate of drug-likeness (QED) is 0.368. The van der Waals surface area contributed by atoms with Gasteiger partial charge in [0.15, 0.2) is 0 Å². The molecule has 4 heteroatoms. The predicted octanol–water partition coefficient (Wildman–Crippen LogP) is -1.03. The molecule has 0 bridgehead atoms. The first-order valence-corrected chi connectivity index (χ1v) is 0.591. The van der Waals surface area contributed by atoms with Gasteiger partial charge in [-0.1, -0.05) is 0 Å². The lowest BCUT2D eigenvalue weighted by Crippen LogP contribution is -1.22. The number of hydrogen-bond acceptors (Lipinski definition) is 3. The van der Waals surface area contributed by atoms with E-state index in [-0.39, 0.29) is 6.15 Å². The molecule has 0 amide bonds. The van der Waals surface area contributed by atoms with Gasteiger partial charge in [-0.3, -0.25) is 0 Å². The van der Waals surface area contributed by atoms with Crippen LogP contribution in [0.15, 0.2) is 0 Å². The van der Waals surface area contributed by atoms with Crippen molar-refractivity contribution in [2.75, 3.05) is 0 Å². The summed E-state index contributed by atoms with van der Waals surface area (Å²) in [7, 11) is 0. The van der Waals surface area contributed by atoms with Gasteiger partial charge in [-0.15, -0.1) is 4.91 Å². The minimum atomic E-state index is 0.250. The van der Waals surface area contributed by atoms with E-state index in [2.05, 4.69) is 0 Å². The van der Waals surface area contributed by atoms with E-state index in [0.29, 0.717) is 0 Å². The smallest absolute Gasteiger partial charge is 0.186 e. The van der Waals surface area contributed by atoms with E-state index in [4.69, 9.17) is 20.1 Å². The van der Waals surface area contributed by atoms with Crippen LogP contribution in [-0.2, 0) is 9.59 Å². The molecule has 0 aliphatic heterocycles. The van der Waals surface area contributed by atoms with Crippen LogP contribution in [0, 0.1) is 4.91 Å². The Balaban J connectivity index is 0. The van der Waals surface area contributed by atoms with Gasteiger partial charge < -0.3 is 0 Å². The van der Waals surface area contributed by atoms with Crippen molar-refractivity contribution in [1.82, 2.24) is 5.59 Å². The lowest BCUT2D eigenvalue weighted by atomic mass is 11.8. The molecule has 0 aromatic rings. The van der Waals surface area contributed by atoms with Gasteiger partial charge in [-0.25, -0.2) is 0 Å². The number of rotatable bonds is 0. The zero-order chi connectivity index (χ0) is 4.71. The lowest BCUT2D eigenvalue weighted by Gasteiger charge is -0.945. The fourth-order valence-corrected chi connectivity index (χ4v) is 0. The highest BCUT2D eigenvalue weighted by Crippen LogP contribution is 0.787. The maximum atomic E-state index is 8.12. The fraction of sp³-hybridized carbons (Fsp3) is 0. The third kappa shape index (κ3) is 2.75. The molecule has 0 atom stereocenters. The van der Waals surface area contributed by atoms with Crippen LogP contribution in [0.4, 0.5) is 0 Å². The Morgan fingerprint density at radius 3 is 1.20 bits per heavy atom. The first-order chi connectivity index (χ1) is 2.41. The molecule has 0 aliphatic rings. The molecule has 4 nitrogen and oxygen atoms in total. The summed E-state index contributed by atoms with van der Waals surface area (Å²) in [4.78, 5) is 23.5. The van der Waals surface area contributed by atoms with E-state index in [1.165, 1.54) is 0 Å². The van der Waals surface area contributed by atoms with E-state index >= 15 is 0 Å². The molecule has 0 aromatic carbocycles. The minimum Gasteiger partial charge on any atom is -0.186 e. The van der Waals surface area contributed by atoms with E-state index < -0.39 is 0 Å². The van der Waals surface area contributed by atoms with E-state index in [1.54, 1.807) is 0 Å². The number of nitroso groups, excluding NO2 is 1. The minimum absolute atomic E-state index is 0.250. The Labute approximate surface area is 27.6 Å². The SMILES string of the molecule is O=C=O.[N]=O. The fourth-order valence-electron chi connectivity index (χ4n) is 0. The number of hydrogen-bond donors (Lipinski definition) is 0. The highest BCUT2D eigenvalue weighted by molar-refractivity contribution is 5.20. The number of nitrogens with zero attached hydrogens (tertiary/aromatic N) is 1. The van der Waals surface area contributed by atoms with Gasteiger partial charge >= 0.3 is 6.15 Å². The van der Waals surface area contributed by atoms with Crippen LogP contribution in [0.5, 0.6) is 0 Å². The third-order valence-corrected chi connectivity index (χ3v) is 0. The monoisotopic (exact) mass is 74.0 g/mol. The van der Waals surface area contributed by atoms with Crippen molar-refractivity contribution in [3.8, 4) is 0 Å². The summed E-state index contributed by atoms with van der Waals surface area (Å²) in [5, 5.41) is 0. The molecule has 0 saturated heterocycles. The van der Waals surface area contributed by atoms with Gasteiger partial charge in [0.2, 0.25) is 0 Å². The van der Waals surface area contributed by atoms with Gasteiger partial charge in [0.25, 0.3) is 0 Å². The molecule has 0 N–H and O–H groups in total. The van der Waals surface area contributed by atoms with Crippen LogP contribution < -0.4 is 5.59 Å². The molecule has 0 fully saturated rings. The standard InChI is InChI=1S/CO2.NO/c2-1-3;1-2. The molecule has 0 unspecified atom stereocenters. The first kappa shape index (κ1) is 9.02. The summed E-state index contributed by atoms with van der Waals surface area (Å²) in [5.74, 6) is 0. The lowest BCUT2D eigenvalue weighted by molar-refractivity contribution is -0.191. The summed E-state index contributed by atoms with van der Waals surface area (Å²) < 4.78 is 0. The van der Waals surface area contributed by atoms with E-state index in [0.717, 1.165) is 0 Å². The van der Waals surface area contributed by atoms with Crippen LogP contribution in [-0.4, -0.2) is 6.15 Å². The molecule has 0 saturated carbocycles. The van der Waals surface area contributed by atoms with Gasteiger partial charge in [0, 0.05) is 0 Å². The van der Waals surface area contributed by atoms with E-state index in [9.17, 15) is 0 Å². The highest BCUT2D eigenvalue weighted by atomic mass is 16.2. The van der Waals surface area contributed by atoms with Gasteiger partial charge in [0.05, 0.1) is 0 Å². The van der Waals surface area contributed by atoms with Crippen molar-refractivity contribution in [3.05, 3.63) is 4.91 Å². The summed E-state index contributed by atoms with van der Waals surface area (Å²) in [6, 6.07) is 0. The average molecular weight is 74.0 g/mol. The second-order valence-corrected chi connectivity index (χ2v) is 0.0833. The normalized spacial score (nSPS) is 2.40. The van der Waals surface area contributed by atoms with Crippen LogP contribution in [0.2, 0.25) is 0 Å². The second kappa shape index (κ2) is 29200. The van der Waals surface area contributed by atoms with Gasteiger partial charge in [-0.05, 0) is 0 Å².